The first-order valence-corrected chi connectivity index (χ1v) is 4.46. The summed E-state index contributed by atoms with van der Waals surface area (Å²) >= 11 is 0. The minimum Gasteiger partial charge on any atom is -0.491 e. The molecule has 0 spiro atoms. The molecule has 0 saturated carbocycles. The number of nitrogens with two attached hydrogens (primary N) is 1. The fourth-order valence-electron chi connectivity index (χ4n) is 1.05. The zero-order valence-electron chi connectivity index (χ0n) is 8.21. The molecule has 0 amide bonds. The molecule has 0 unspecified atom stereocenters. The van der Waals surface area contributed by atoms with Gasteiger partial charge in [0.1, 0.15) is 12.4 Å². The maximum absolute atomic E-state index is 12.5. The molecule has 1 atom stereocenters. The van der Waals surface area contributed by atoms with Gasteiger partial charge in [0.2, 0.25) is 0 Å². The summed E-state index contributed by atoms with van der Waals surface area (Å²) in [6, 6.07) is 4.78. The molecule has 0 aliphatic carbocycles. The van der Waals surface area contributed by atoms with Crippen molar-refractivity contribution >= 4 is 0 Å². The molecule has 0 aliphatic heterocycles. The van der Waals surface area contributed by atoms with Crippen LogP contribution < -0.4 is 10.5 Å². The number of rotatable bonds is 3. The molecule has 0 saturated heterocycles. The predicted octanol–water partition coefficient (Wildman–Crippen LogP) is 2.43. The summed E-state index contributed by atoms with van der Waals surface area (Å²) in [6.45, 7) is 1.73. The largest absolute Gasteiger partial charge is 0.491 e. The van der Waals surface area contributed by atoms with E-state index in [1.54, 1.807) is 6.92 Å². The smallest absolute Gasteiger partial charge is 0.419 e. The van der Waals surface area contributed by atoms with Crippen molar-refractivity contribution in [3.05, 3.63) is 29.8 Å². The van der Waals surface area contributed by atoms with Crippen LogP contribution in [0.1, 0.15) is 12.5 Å². The number of ether oxygens (including phenoxy) is 1. The Bertz CT molecular complexity index is 323. The summed E-state index contributed by atoms with van der Waals surface area (Å²) in [5, 5.41) is 0. The molecule has 0 aromatic heterocycles. The van der Waals surface area contributed by atoms with Gasteiger partial charge in [0.15, 0.2) is 0 Å². The second-order valence-corrected chi connectivity index (χ2v) is 3.28. The minimum atomic E-state index is -4.39. The first-order chi connectivity index (χ1) is 6.91. The van der Waals surface area contributed by atoms with Gasteiger partial charge in [-0.3, -0.25) is 0 Å². The summed E-state index contributed by atoms with van der Waals surface area (Å²) in [5.74, 6) is -0.178. The van der Waals surface area contributed by atoms with Gasteiger partial charge < -0.3 is 10.5 Å². The molecule has 0 radical (unpaired) electrons. The van der Waals surface area contributed by atoms with Crippen LogP contribution in [-0.4, -0.2) is 12.6 Å². The SMILES string of the molecule is C[C@@H](N)COc1ccccc1C(F)(F)F. The van der Waals surface area contributed by atoms with E-state index in [0.717, 1.165) is 6.07 Å². The number of halogens is 3. The van der Waals surface area contributed by atoms with Gasteiger partial charge in [-0.05, 0) is 19.1 Å². The molecule has 2 nitrogen and oxygen atoms in total. The molecule has 84 valence electrons. The number of para-hydroxylation sites is 1. The third-order valence-electron chi connectivity index (χ3n) is 1.69. The van der Waals surface area contributed by atoms with Crippen molar-refractivity contribution < 1.29 is 17.9 Å². The topological polar surface area (TPSA) is 35.2 Å². The second-order valence-electron chi connectivity index (χ2n) is 3.28. The lowest BCUT2D eigenvalue weighted by molar-refractivity contribution is -0.139. The van der Waals surface area contributed by atoms with E-state index in [-0.39, 0.29) is 18.4 Å². The van der Waals surface area contributed by atoms with Crippen LogP contribution in [0.25, 0.3) is 0 Å². The zero-order valence-corrected chi connectivity index (χ0v) is 8.21. The Kier molecular flexibility index (Phi) is 3.57. The van der Waals surface area contributed by atoms with E-state index in [4.69, 9.17) is 10.5 Å². The number of benzene rings is 1. The first-order valence-electron chi connectivity index (χ1n) is 4.46. The summed E-state index contributed by atoms with van der Waals surface area (Å²) in [4.78, 5) is 0. The van der Waals surface area contributed by atoms with Crippen molar-refractivity contribution in [2.45, 2.75) is 19.1 Å². The van der Waals surface area contributed by atoms with Crippen molar-refractivity contribution in [1.82, 2.24) is 0 Å². The summed E-state index contributed by atoms with van der Waals surface area (Å²) in [6.07, 6.45) is -4.39. The van der Waals surface area contributed by atoms with Crippen molar-refractivity contribution in [2.24, 2.45) is 5.73 Å². The molecule has 2 N–H and O–H groups in total. The van der Waals surface area contributed by atoms with Crippen molar-refractivity contribution in [3.8, 4) is 5.75 Å². The second kappa shape index (κ2) is 4.53. The summed E-state index contributed by atoms with van der Waals surface area (Å²) in [7, 11) is 0. The highest BCUT2D eigenvalue weighted by Gasteiger charge is 2.33. The minimum absolute atomic E-state index is 0.0626. The molecule has 5 heteroatoms. The van der Waals surface area contributed by atoms with Gasteiger partial charge >= 0.3 is 6.18 Å². The van der Waals surface area contributed by atoms with Gasteiger partial charge in [0.05, 0.1) is 5.56 Å². The van der Waals surface area contributed by atoms with E-state index in [1.807, 2.05) is 0 Å². The van der Waals surface area contributed by atoms with Crippen molar-refractivity contribution in [3.63, 3.8) is 0 Å². The number of alkyl halides is 3. The van der Waals surface area contributed by atoms with E-state index < -0.39 is 11.7 Å². The van der Waals surface area contributed by atoms with Crippen LogP contribution >= 0.6 is 0 Å². The Morgan fingerprint density at radius 1 is 1.33 bits per heavy atom. The lowest BCUT2D eigenvalue weighted by atomic mass is 10.2. The van der Waals surface area contributed by atoms with Gasteiger partial charge in [0.25, 0.3) is 0 Å². The van der Waals surface area contributed by atoms with E-state index >= 15 is 0 Å². The Hall–Kier alpha value is -1.23. The fraction of sp³-hybridized carbons (Fsp3) is 0.400. The van der Waals surface area contributed by atoms with Gasteiger partial charge in [-0.2, -0.15) is 13.2 Å². The Morgan fingerprint density at radius 2 is 1.93 bits per heavy atom. The normalized spacial score (nSPS) is 13.7. The Morgan fingerprint density at radius 3 is 2.47 bits per heavy atom. The zero-order chi connectivity index (χ0) is 11.5. The lowest BCUT2D eigenvalue weighted by Gasteiger charge is -2.14. The van der Waals surface area contributed by atoms with Crippen LogP contribution in [0.4, 0.5) is 13.2 Å². The molecule has 0 bridgehead atoms. The first kappa shape index (κ1) is 11.8. The van der Waals surface area contributed by atoms with E-state index in [2.05, 4.69) is 0 Å². The van der Waals surface area contributed by atoms with Crippen LogP contribution in [0, 0.1) is 0 Å². The molecular formula is C10H12F3NO. The standard InChI is InChI=1S/C10H12F3NO/c1-7(14)6-15-9-5-3-2-4-8(9)10(11,12)13/h2-5,7H,6,14H2,1H3/t7-/m1/s1. The van der Waals surface area contributed by atoms with Gasteiger partial charge in [-0.1, -0.05) is 12.1 Å². The third-order valence-corrected chi connectivity index (χ3v) is 1.69. The summed E-state index contributed by atoms with van der Waals surface area (Å²) in [5.41, 5.74) is 4.62. The Labute approximate surface area is 85.8 Å². The fourth-order valence-corrected chi connectivity index (χ4v) is 1.05. The molecule has 0 heterocycles. The maximum atomic E-state index is 12.5. The van der Waals surface area contributed by atoms with Crippen LogP contribution in [0.5, 0.6) is 5.75 Å². The number of hydrogen-bond acceptors (Lipinski definition) is 2. The lowest BCUT2D eigenvalue weighted by Crippen LogP contribution is -2.24. The molecule has 1 aromatic rings. The van der Waals surface area contributed by atoms with Gasteiger partial charge in [-0.25, -0.2) is 0 Å². The number of hydrogen-bond donors (Lipinski definition) is 1. The van der Waals surface area contributed by atoms with Crippen LogP contribution in [0.3, 0.4) is 0 Å². The summed E-state index contributed by atoms with van der Waals surface area (Å²) < 4.78 is 42.4. The molecule has 0 aliphatic rings. The molecule has 1 aromatic carbocycles. The van der Waals surface area contributed by atoms with Crippen LogP contribution in [0.15, 0.2) is 24.3 Å². The molecule has 15 heavy (non-hydrogen) atoms. The highest BCUT2D eigenvalue weighted by molar-refractivity contribution is 5.35. The van der Waals surface area contributed by atoms with E-state index in [1.165, 1.54) is 18.2 Å². The maximum Gasteiger partial charge on any atom is 0.419 e. The highest BCUT2D eigenvalue weighted by atomic mass is 19.4. The molecule has 0 fully saturated rings. The quantitative estimate of drug-likeness (QED) is 0.847. The average Bonchev–Trinajstić information content (AvgIpc) is 2.13. The Balaban J connectivity index is 2.87. The van der Waals surface area contributed by atoms with Crippen LogP contribution in [0.2, 0.25) is 0 Å². The van der Waals surface area contributed by atoms with Gasteiger partial charge in [-0.15, -0.1) is 0 Å². The highest BCUT2D eigenvalue weighted by Crippen LogP contribution is 2.35. The van der Waals surface area contributed by atoms with E-state index in [0.29, 0.717) is 0 Å². The molecule has 1 rings (SSSR count). The average molecular weight is 219 g/mol. The van der Waals surface area contributed by atoms with Crippen LogP contribution in [-0.2, 0) is 6.18 Å². The molecular weight excluding hydrogens is 207 g/mol. The monoisotopic (exact) mass is 219 g/mol. The van der Waals surface area contributed by atoms with Gasteiger partial charge in [0, 0.05) is 6.04 Å². The van der Waals surface area contributed by atoms with Crippen molar-refractivity contribution in [1.29, 1.82) is 0 Å². The predicted molar refractivity (Wildman–Crippen MR) is 50.6 cm³/mol. The van der Waals surface area contributed by atoms with E-state index in [9.17, 15) is 13.2 Å². The van der Waals surface area contributed by atoms with Crippen molar-refractivity contribution in [2.75, 3.05) is 6.61 Å². The third kappa shape index (κ3) is 3.43.